The number of aliphatic hydroxyl groups excluding tert-OH is 1. The summed E-state index contributed by atoms with van der Waals surface area (Å²) in [4.78, 5) is 72.5. The zero-order valence-corrected chi connectivity index (χ0v) is 62.3. The topological polar surface area (TPSA) is 237 Å². The van der Waals surface area contributed by atoms with Crippen molar-refractivity contribution in [3.63, 3.8) is 0 Å². The van der Waals surface area contributed by atoms with E-state index in [0.717, 1.165) is 109 Å². The first-order valence-corrected chi connectivity index (χ1v) is 41.5. The molecule has 552 valence electrons. The predicted molar refractivity (Wildman–Crippen MR) is 377 cm³/mol. The van der Waals surface area contributed by atoms with E-state index in [0.29, 0.717) is 31.6 Å². The maximum atomic E-state index is 13.1. The summed E-state index contributed by atoms with van der Waals surface area (Å²) in [7, 11) is -9.90. The van der Waals surface area contributed by atoms with Gasteiger partial charge in [-0.25, -0.2) is 9.13 Å². The van der Waals surface area contributed by atoms with Crippen LogP contribution in [0.5, 0.6) is 0 Å². The largest absolute Gasteiger partial charge is 0.472 e. The molecule has 0 aliphatic heterocycles. The Balaban J connectivity index is 5.18. The first kappa shape index (κ1) is 91.1. The van der Waals surface area contributed by atoms with Crippen LogP contribution in [-0.2, 0) is 65.4 Å². The molecule has 0 aromatic carbocycles. The van der Waals surface area contributed by atoms with Crippen LogP contribution in [0.1, 0.15) is 382 Å². The van der Waals surface area contributed by atoms with Gasteiger partial charge in [-0.3, -0.25) is 37.3 Å². The van der Waals surface area contributed by atoms with Crippen LogP contribution >= 0.6 is 15.6 Å². The van der Waals surface area contributed by atoms with Crippen LogP contribution < -0.4 is 0 Å². The number of carbonyl (C=O) groups excluding carboxylic acids is 4. The molecule has 0 aromatic heterocycles. The normalized spacial score (nSPS) is 14.3. The molecule has 3 unspecified atom stereocenters. The van der Waals surface area contributed by atoms with Gasteiger partial charge in [-0.05, 0) is 37.5 Å². The number of phosphoric ester groups is 2. The molecule has 0 bridgehead atoms. The number of rotatable bonds is 73. The average molecular weight is 1370 g/mol. The quantitative estimate of drug-likeness (QED) is 0.0222. The Labute approximate surface area is 568 Å². The Bertz CT molecular complexity index is 1810. The standard InChI is InChI=1S/C74H144O17P2/c1-7-10-12-14-16-17-18-19-20-21-22-23-27-30-33-39-45-51-57-72(77)85-63-70(90-73(78)58-52-46-40-34-31-28-25-24-26-29-32-38-43-49-55-67(6)9-3)65-89-93(82,83)87-61-68(75)60-86-92(80,81)88-64-69(62-84-71(76)56-50-44-36-15-13-11-8-2)91-74(79)59-53-47-41-35-37-42-48-54-66(4)5/h66-70,75H,7-65H2,1-6H3,(H,80,81)(H,82,83)/t67?,68-,69+,70+/m0/s1. The van der Waals surface area contributed by atoms with Crippen molar-refractivity contribution >= 4 is 39.5 Å². The van der Waals surface area contributed by atoms with E-state index in [2.05, 4.69) is 41.5 Å². The number of carbonyl (C=O) groups is 4. The van der Waals surface area contributed by atoms with Crippen molar-refractivity contribution in [1.29, 1.82) is 0 Å². The van der Waals surface area contributed by atoms with Gasteiger partial charge in [0.15, 0.2) is 12.2 Å². The van der Waals surface area contributed by atoms with Gasteiger partial charge in [0.25, 0.3) is 0 Å². The minimum absolute atomic E-state index is 0.103. The Kier molecular flexibility index (Phi) is 64.6. The van der Waals surface area contributed by atoms with Crippen LogP contribution in [0.3, 0.4) is 0 Å². The molecule has 0 heterocycles. The summed E-state index contributed by atoms with van der Waals surface area (Å²) in [5.74, 6) is -0.584. The molecular weight excluding hydrogens is 1220 g/mol. The van der Waals surface area contributed by atoms with Crippen molar-refractivity contribution < 1.29 is 80.2 Å². The Morgan fingerprint density at radius 2 is 0.548 bits per heavy atom. The van der Waals surface area contributed by atoms with E-state index in [-0.39, 0.29) is 25.7 Å². The molecule has 0 amide bonds. The van der Waals surface area contributed by atoms with Crippen LogP contribution in [0.15, 0.2) is 0 Å². The summed E-state index contributed by atoms with van der Waals surface area (Å²) in [6, 6.07) is 0. The fraction of sp³-hybridized carbons (Fsp3) is 0.946. The third-order valence-electron chi connectivity index (χ3n) is 17.6. The summed E-state index contributed by atoms with van der Waals surface area (Å²) >= 11 is 0. The third kappa shape index (κ3) is 67.0. The number of ether oxygens (including phenoxy) is 4. The second-order valence-electron chi connectivity index (χ2n) is 27.4. The van der Waals surface area contributed by atoms with E-state index in [4.69, 9.17) is 37.0 Å². The van der Waals surface area contributed by atoms with Crippen LogP contribution in [0.25, 0.3) is 0 Å². The van der Waals surface area contributed by atoms with Crippen molar-refractivity contribution in [2.45, 2.75) is 400 Å². The number of aliphatic hydroxyl groups is 1. The van der Waals surface area contributed by atoms with Gasteiger partial charge in [-0.2, -0.15) is 0 Å². The zero-order chi connectivity index (χ0) is 68.6. The summed E-state index contributed by atoms with van der Waals surface area (Å²) in [5.41, 5.74) is 0. The number of esters is 4. The van der Waals surface area contributed by atoms with Crippen molar-refractivity contribution in [2.75, 3.05) is 39.6 Å². The second kappa shape index (κ2) is 66.0. The van der Waals surface area contributed by atoms with Crippen molar-refractivity contribution in [3.05, 3.63) is 0 Å². The molecule has 0 saturated heterocycles. The summed E-state index contributed by atoms with van der Waals surface area (Å²) < 4.78 is 68.3. The maximum Gasteiger partial charge on any atom is 0.472 e. The summed E-state index contributed by atoms with van der Waals surface area (Å²) in [6.45, 7) is 9.53. The molecule has 3 N–H and O–H groups in total. The van der Waals surface area contributed by atoms with E-state index in [1.165, 1.54) is 186 Å². The lowest BCUT2D eigenvalue weighted by Gasteiger charge is -2.21. The molecule has 0 spiro atoms. The highest BCUT2D eigenvalue weighted by Gasteiger charge is 2.30. The third-order valence-corrected chi connectivity index (χ3v) is 19.5. The van der Waals surface area contributed by atoms with Crippen LogP contribution in [0, 0.1) is 11.8 Å². The first-order chi connectivity index (χ1) is 44.9. The highest BCUT2D eigenvalue weighted by atomic mass is 31.2. The first-order valence-electron chi connectivity index (χ1n) is 38.5. The lowest BCUT2D eigenvalue weighted by molar-refractivity contribution is -0.161. The molecule has 19 heteroatoms. The monoisotopic (exact) mass is 1370 g/mol. The number of unbranched alkanes of at least 4 members (excludes halogenated alkanes) is 42. The lowest BCUT2D eigenvalue weighted by Crippen LogP contribution is -2.30. The predicted octanol–water partition coefficient (Wildman–Crippen LogP) is 21.6. The minimum atomic E-state index is -4.95. The van der Waals surface area contributed by atoms with E-state index in [9.17, 15) is 43.2 Å². The smallest absolute Gasteiger partial charge is 0.462 e. The molecule has 0 saturated carbocycles. The van der Waals surface area contributed by atoms with Gasteiger partial charge in [0.2, 0.25) is 0 Å². The van der Waals surface area contributed by atoms with Gasteiger partial charge in [0.05, 0.1) is 26.4 Å². The van der Waals surface area contributed by atoms with E-state index in [1.807, 2.05) is 0 Å². The maximum absolute atomic E-state index is 13.1. The molecule has 0 fully saturated rings. The van der Waals surface area contributed by atoms with Crippen molar-refractivity contribution in [3.8, 4) is 0 Å². The summed E-state index contributed by atoms with van der Waals surface area (Å²) in [5, 5.41) is 10.6. The van der Waals surface area contributed by atoms with E-state index >= 15 is 0 Å². The average Bonchev–Trinajstić information content (AvgIpc) is 1.78. The van der Waals surface area contributed by atoms with E-state index in [1.54, 1.807) is 0 Å². The van der Waals surface area contributed by atoms with Crippen molar-refractivity contribution in [1.82, 2.24) is 0 Å². The fourth-order valence-electron chi connectivity index (χ4n) is 11.3. The van der Waals surface area contributed by atoms with Gasteiger partial charge in [0.1, 0.15) is 19.3 Å². The van der Waals surface area contributed by atoms with Crippen LogP contribution in [0.4, 0.5) is 0 Å². The van der Waals surface area contributed by atoms with Gasteiger partial charge in [-0.1, -0.05) is 330 Å². The van der Waals surface area contributed by atoms with E-state index < -0.39 is 97.5 Å². The molecule has 17 nitrogen and oxygen atoms in total. The molecule has 93 heavy (non-hydrogen) atoms. The second-order valence-corrected chi connectivity index (χ2v) is 30.3. The molecule has 0 aromatic rings. The molecule has 0 rings (SSSR count). The Hall–Kier alpha value is -1.94. The Morgan fingerprint density at radius 3 is 0.817 bits per heavy atom. The lowest BCUT2D eigenvalue weighted by atomic mass is 9.99. The molecular formula is C74H144O17P2. The van der Waals surface area contributed by atoms with Crippen LogP contribution in [-0.4, -0.2) is 96.7 Å². The SMILES string of the molecule is CCCCCCCCCCCCCCCCCCCCC(=O)OC[C@H](COP(=O)(O)OC[C@@H](O)COP(=O)(O)OC[C@@H](COC(=O)CCCCCCCCC)OC(=O)CCCCCCCCCC(C)C)OC(=O)CCCCCCCCCCCCCCCCC(C)CC. The number of hydrogen-bond acceptors (Lipinski definition) is 15. The Morgan fingerprint density at radius 1 is 0.312 bits per heavy atom. The van der Waals surface area contributed by atoms with Crippen molar-refractivity contribution in [2.24, 2.45) is 11.8 Å². The molecule has 0 aliphatic rings. The van der Waals surface area contributed by atoms with Gasteiger partial charge in [-0.15, -0.1) is 0 Å². The molecule has 6 atom stereocenters. The summed E-state index contributed by atoms with van der Waals surface area (Å²) in [6.07, 6.45) is 53.0. The number of hydrogen-bond donors (Lipinski definition) is 3. The van der Waals surface area contributed by atoms with Gasteiger partial charge < -0.3 is 33.8 Å². The highest BCUT2D eigenvalue weighted by molar-refractivity contribution is 7.47. The fourth-order valence-corrected chi connectivity index (χ4v) is 12.8. The van der Waals surface area contributed by atoms with Gasteiger partial charge in [0, 0.05) is 25.7 Å². The highest BCUT2D eigenvalue weighted by Crippen LogP contribution is 2.45. The van der Waals surface area contributed by atoms with Crippen LogP contribution in [0.2, 0.25) is 0 Å². The number of phosphoric acid groups is 2. The minimum Gasteiger partial charge on any atom is -0.462 e. The van der Waals surface area contributed by atoms with Gasteiger partial charge >= 0.3 is 39.5 Å². The molecule has 0 radical (unpaired) electrons. The molecule has 0 aliphatic carbocycles. The zero-order valence-electron chi connectivity index (χ0n) is 60.6.